The van der Waals surface area contributed by atoms with Crippen LogP contribution in [0.1, 0.15) is 38.8 Å². The van der Waals surface area contributed by atoms with E-state index in [1.807, 2.05) is 37.3 Å². The number of anilines is 1. The van der Waals surface area contributed by atoms with Gasteiger partial charge in [-0.05, 0) is 49.1 Å². The van der Waals surface area contributed by atoms with E-state index < -0.39 is 6.10 Å². The highest BCUT2D eigenvalue weighted by Crippen LogP contribution is 2.30. The highest BCUT2D eigenvalue weighted by atomic mass is 16.5. The molecule has 4 heteroatoms. The van der Waals surface area contributed by atoms with Crippen LogP contribution in [-0.4, -0.2) is 17.1 Å². The van der Waals surface area contributed by atoms with Gasteiger partial charge in [-0.25, -0.2) is 0 Å². The molecule has 0 fully saturated rings. The van der Waals surface area contributed by atoms with Crippen molar-refractivity contribution in [3.8, 4) is 11.5 Å². The molecule has 2 aromatic rings. The quantitative estimate of drug-likeness (QED) is 0.818. The zero-order valence-electron chi connectivity index (χ0n) is 14.9. The lowest BCUT2D eigenvalue weighted by Crippen LogP contribution is -2.30. The number of amides is 1. The molecule has 4 nitrogen and oxygen atoms in total. The number of ether oxygens (including phenoxy) is 1. The van der Waals surface area contributed by atoms with E-state index in [9.17, 15) is 9.90 Å². The van der Waals surface area contributed by atoms with Crippen LogP contribution in [0.15, 0.2) is 42.5 Å². The van der Waals surface area contributed by atoms with Gasteiger partial charge >= 0.3 is 0 Å². The maximum atomic E-state index is 12.3. The number of nitrogens with one attached hydrogen (secondary N) is 1. The van der Waals surface area contributed by atoms with Crippen LogP contribution >= 0.6 is 0 Å². The average Bonchev–Trinajstić information content (AvgIpc) is 2.50. The second kappa shape index (κ2) is 6.95. The zero-order valence-corrected chi connectivity index (χ0v) is 14.9. The third-order valence-corrected chi connectivity index (χ3v) is 3.82. The van der Waals surface area contributed by atoms with Crippen LogP contribution in [0.4, 0.5) is 5.69 Å². The van der Waals surface area contributed by atoms with Crippen LogP contribution < -0.4 is 10.1 Å². The second-order valence-electron chi connectivity index (χ2n) is 7.04. The molecule has 0 radical (unpaired) electrons. The van der Waals surface area contributed by atoms with E-state index in [4.69, 9.17) is 4.74 Å². The summed E-state index contributed by atoms with van der Waals surface area (Å²) in [6.07, 6.45) is -0.676. The highest BCUT2D eigenvalue weighted by Gasteiger charge is 2.19. The highest BCUT2D eigenvalue weighted by molar-refractivity contribution is 5.95. The number of hydrogen-bond donors (Lipinski definition) is 2. The Balaban J connectivity index is 2.09. The number of aromatic hydroxyl groups is 1. The summed E-state index contributed by atoms with van der Waals surface area (Å²) in [6, 6.07) is 12.8. The predicted molar refractivity (Wildman–Crippen MR) is 96.7 cm³/mol. The van der Waals surface area contributed by atoms with Gasteiger partial charge in [0.2, 0.25) is 0 Å². The maximum absolute atomic E-state index is 12.3. The van der Waals surface area contributed by atoms with Gasteiger partial charge < -0.3 is 15.2 Å². The van der Waals surface area contributed by atoms with Crippen LogP contribution in [0.25, 0.3) is 0 Å². The second-order valence-corrected chi connectivity index (χ2v) is 7.04. The van der Waals surface area contributed by atoms with Crippen LogP contribution in [0.3, 0.4) is 0 Å². The van der Waals surface area contributed by atoms with Gasteiger partial charge in [0.25, 0.3) is 5.91 Å². The van der Waals surface area contributed by atoms with E-state index in [-0.39, 0.29) is 17.1 Å². The van der Waals surface area contributed by atoms with Crippen LogP contribution in [0.5, 0.6) is 11.5 Å². The SMILES string of the molecule is Cc1ccc(OC(C)C(=O)Nc2cc(C(C)(C)C)ccc2O)cc1. The van der Waals surface area contributed by atoms with Crippen molar-refractivity contribution in [3.05, 3.63) is 53.6 Å². The van der Waals surface area contributed by atoms with Crippen molar-refractivity contribution in [2.24, 2.45) is 0 Å². The molecule has 1 amide bonds. The molecule has 0 aliphatic carbocycles. The molecular formula is C20H25NO3. The molecule has 24 heavy (non-hydrogen) atoms. The van der Waals surface area contributed by atoms with Crippen molar-refractivity contribution in [1.29, 1.82) is 0 Å². The predicted octanol–water partition coefficient (Wildman–Crippen LogP) is 4.40. The van der Waals surface area contributed by atoms with E-state index >= 15 is 0 Å². The lowest BCUT2D eigenvalue weighted by molar-refractivity contribution is -0.122. The molecule has 0 heterocycles. The fraction of sp³-hybridized carbons (Fsp3) is 0.350. The minimum atomic E-state index is -0.676. The maximum Gasteiger partial charge on any atom is 0.265 e. The zero-order chi connectivity index (χ0) is 17.9. The van der Waals surface area contributed by atoms with E-state index in [1.54, 1.807) is 19.1 Å². The molecule has 0 aromatic heterocycles. The van der Waals surface area contributed by atoms with Crippen molar-refractivity contribution in [2.45, 2.75) is 46.1 Å². The largest absolute Gasteiger partial charge is 0.506 e. The van der Waals surface area contributed by atoms with Crippen LogP contribution in [0, 0.1) is 6.92 Å². The first-order valence-electron chi connectivity index (χ1n) is 8.04. The molecule has 0 aliphatic heterocycles. The number of aryl methyl sites for hydroxylation is 1. The van der Waals surface area contributed by atoms with Gasteiger partial charge in [0, 0.05) is 0 Å². The van der Waals surface area contributed by atoms with E-state index in [0.29, 0.717) is 11.4 Å². The number of phenolic OH excluding ortho intramolecular Hbond substituents is 1. The minimum absolute atomic E-state index is 0.0406. The van der Waals surface area contributed by atoms with Crippen molar-refractivity contribution >= 4 is 11.6 Å². The standard InChI is InChI=1S/C20H25NO3/c1-13-6-9-16(10-7-13)24-14(2)19(23)21-17-12-15(20(3,4)5)8-11-18(17)22/h6-12,14,22H,1-5H3,(H,21,23). The van der Waals surface area contributed by atoms with E-state index in [2.05, 4.69) is 26.1 Å². The Labute approximate surface area is 143 Å². The van der Waals surface area contributed by atoms with Crippen molar-refractivity contribution in [3.63, 3.8) is 0 Å². The molecule has 2 rings (SSSR count). The number of carbonyl (C=O) groups is 1. The Morgan fingerprint density at radius 2 is 1.75 bits per heavy atom. The first-order valence-corrected chi connectivity index (χ1v) is 8.04. The molecular weight excluding hydrogens is 302 g/mol. The molecule has 1 atom stereocenters. The monoisotopic (exact) mass is 327 g/mol. The summed E-state index contributed by atoms with van der Waals surface area (Å²) in [4.78, 5) is 12.3. The van der Waals surface area contributed by atoms with Crippen molar-refractivity contribution < 1.29 is 14.6 Å². The fourth-order valence-electron chi connectivity index (χ4n) is 2.21. The molecule has 0 saturated carbocycles. The lowest BCUT2D eigenvalue weighted by Gasteiger charge is -2.21. The van der Waals surface area contributed by atoms with Gasteiger partial charge in [-0.2, -0.15) is 0 Å². The van der Waals surface area contributed by atoms with Gasteiger partial charge in [-0.1, -0.05) is 44.5 Å². The number of carbonyl (C=O) groups excluding carboxylic acids is 1. The smallest absolute Gasteiger partial charge is 0.265 e. The van der Waals surface area contributed by atoms with Crippen molar-refractivity contribution in [1.82, 2.24) is 0 Å². The first-order chi connectivity index (χ1) is 11.2. The summed E-state index contributed by atoms with van der Waals surface area (Å²) < 4.78 is 5.65. The summed E-state index contributed by atoms with van der Waals surface area (Å²) in [5.41, 5.74) is 2.48. The van der Waals surface area contributed by atoms with Gasteiger partial charge in [-0.3, -0.25) is 4.79 Å². The topological polar surface area (TPSA) is 58.6 Å². The summed E-state index contributed by atoms with van der Waals surface area (Å²) >= 11 is 0. The molecule has 0 spiro atoms. The van der Waals surface area contributed by atoms with Gasteiger partial charge in [-0.15, -0.1) is 0 Å². The summed E-state index contributed by atoms with van der Waals surface area (Å²) in [6.45, 7) is 9.90. The molecule has 1 unspecified atom stereocenters. The summed E-state index contributed by atoms with van der Waals surface area (Å²) in [5.74, 6) is 0.367. The van der Waals surface area contributed by atoms with E-state index in [0.717, 1.165) is 11.1 Å². The normalized spacial score (nSPS) is 12.5. The molecule has 0 bridgehead atoms. The van der Waals surface area contributed by atoms with Gasteiger partial charge in [0.05, 0.1) is 5.69 Å². The molecule has 0 saturated heterocycles. The van der Waals surface area contributed by atoms with Crippen LogP contribution in [-0.2, 0) is 10.2 Å². The lowest BCUT2D eigenvalue weighted by atomic mass is 9.87. The number of benzene rings is 2. The average molecular weight is 327 g/mol. The van der Waals surface area contributed by atoms with Crippen LogP contribution in [0.2, 0.25) is 0 Å². The number of hydrogen-bond acceptors (Lipinski definition) is 3. The van der Waals surface area contributed by atoms with E-state index in [1.165, 1.54) is 0 Å². The Kier molecular flexibility index (Phi) is 5.17. The summed E-state index contributed by atoms with van der Waals surface area (Å²) in [7, 11) is 0. The van der Waals surface area contributed by atoms with Gasteiger partial charge in [0.1, 0.15) is 11.5 Å². The summed E-state index contributed by atoms with van der Waals surface area (Å²) in [5, 5.41) is 12.7. The molecule has 2 N–H and O–H groups in total. The van der Waals surface area contributed by atoms with Gasteiger partial charge in [0.15, 0.2) is 6.10 Å². The minimum Gasteiger partial charge on any atom is -0.506 e. The third-order valence-electron chi connectivity index (χ3n) is 3.82. The Hall–Kier alpha value is -2.49. The molecule has 0 aliphatic rings. The fourth-order valence-corrected chi connectivity index (χ4v) is 2.21. The first kappa shape index (κ1) is 17.9. The Bertz CT molecular complexity index is 715. The van der Waals surface area contributed by atoms with Crippen molar-refractivity contribution in [2.75, 3.05) is 5.32 Å². The molecule has 128 valence electrons. The Morgan fingerprint density at radius 3 is 2.33 bits per heavy atom. The third kappa shape index (κ3) is 4.51. The number of rotatable bonds is 4. The number of phenols is 1. The molecule has 2 aromatic carbocycles. The Morgan fingerprint density at radius 1 is 1.12 bits per heavy atom.